The van der Waals surface area contributed by atoms with Gasteiger partial charge in [0.2, 0.25) is 0 Å². The molecule has 0 aromatic heterocycles. The number of carbonyl (C=O) groups is 1. The van der Waals surface area contributed by atoms with Crippen molar-refractivity contribution in [3.05, 3.63) is 107 Å². The summed E-state index contributed by atoms with van der Waals surface area (Å²) in [6.07, 6.45) is 0. The summed E-state index contributed by atoms with van der Waals surface area (Å²) < 4.78 is 0. The van der Waals surface area contributed by atoms with Crippen molar-refractivity contribution in [2.75, 3.05) is 0 Å². The van der Waals surface area contributed by atoms with E-state index in [0.29, 0.717) is 0 Å². The van der Waals surface area contributed by atoms with Crippen LogP contribution in [0.4, 0.5) is 0 Å². The Morgan fingerprint density at radius 3 is 1.58 bits per heavy atom. The zero-order chi connectivity index (χ0) is 16.5. The second-order valence-electron chi connectivity index (χ2n) is 6.63. The molecule has 0 radical (unpaired) electrons. The van der Waals surface area contributed by atoms with Crippen LogP contribution >= 0.6 is 0 Å². The fourth-order valence-corrected chi connectivity index (χ4v) is 3.73. The normalized spacial score (nSPS) is 22.1. The lowest BCUT2D eigenvalue weighted by atomic mass is 10.0. The second-order valence-corrected chi connectivity index (χ2v) is 6.63. The van der Waals surface area contributed by atoms with Crippen LogP contribution < -0.4 is 0 Å². The highest BCUT2D eigenvalue weighted by Gasteiger charge is 2.55. The molecule has 0 saturated heterocycles. The van der Waals surface area contributed by atoms with Gasteiger partial charge in [-0.15, -0.1) is 0 Å². The SMILES string of the molecule is Cc1ccc(C(=O)C2C(c3ccccc3)C2c2ccccc2)cc1. The van der Waals surface area contributed by atoms with Crippen molar-refractivity contribution in [1.29, 1.82) is 0 Å². The van der Waals surface area contributed by atoms with Crippen molar-refractivity contribution in [1.82, 2.24) is 0 Å². The lowest BCUT2D eigenvalue weighted by Gasteiger charge is -2.02. The smallest absolute Gasteiger partial charge is 0.167 e. The topological polar surface area (TPSA) is 17.1 Å². The molecule has 2 unspecified atom stereocenters. The summed E-state index contributed by atoms with van der Waals surface area (Å²) in [5.74, 6) is 0.861. The number of aryl methyl sites for hydroxylation is 1. The van der Waals surface area contributed by atoms with Crippen LogP contribution in [0.3, 0.4) is 0 Å². The van der Waals surface area contributed by atoms with Gasteiger partial charge in [0.05, 0.1) is 0 Å². The van der Waals surface area contributed by atoms with Crippen LogP contribution in [-0.2, 0) is 0 Å². The quantitative estimate of drug-likeness (QED) is 0.591. The highest BCUT2D eigenvalue weighted by molar-refractivity contribution is 6.01. The summed E-state index contributed by atoms with van der Waals surface area (Å²) in [6.45, 7) is 2.05. The lowest BCUT2D eigenvalue weighted by molar-refractivity contribution is 0.0963. The molecule has 2 atom stereocenters. The molecule has 1 nitrogen and oxygen atoms in total. The van der Waals surface area contributed by atoms with Gasteiger partial charge in [0, 0.05) is 23.3 Å². The molecule has 3 aromatic carbocycles. The third-order valence-electron chi connectivity index (χ3n) is 5.03. The molecule has 4 rings (SSSR count). The summed E-state index contributed by atoms with van der Waals surface area (Å²) >= 11 is 0. The molecule has 1 fully saturated rings. The van der Waals surface area contributed by atoms with E-state index in [1.807, 2.05) is 43.3 Å². The van der Waals surface area contributed by atoms with Crippen LogP contribution in [0.15, 0.2) is 84.9 Å². The van der Waals surface area contributed by atoms with Crippen LogP contribution in [0.2, 0.25) is 0 Å². The Bertz CT molecular complexity index is 789. The van der Waals surface area contributed by atoms with Gasteiger partial charge >= 0.3 is 0 Å². The highest BCUT2D eigenvalue weighted by atomic mass is 16.1. The molecule has 1 heteroatoms. The van der Waals surface area contributed by atoms with E-state index in [4.69, 9.17) is 0 Å². The van der Waals surface area contributed by atoms with E-state index in [1.54, 1.807) is 0 Å². The van der Waals surface area contributed by atoms with Crippen molar-refractivity contribution in [3.8, 4) is 0 Å². The highest BCUT2D eigenvalue weighted by Crippen LogP contribution is 2.61. The van der Waals surface area contributed by atoms with Crippen LogP contribution in [0, 0.1) is 12.8 Å². The third kappa shape index (κ3) is 2.67. The van der Waals surface area contributed by atoms with Crippen molar-refractivity contribution in [2.24, 2.45) is 5.92 Å². The van der Waals surface area contributed by atoms with Gasteiger partial charge in [-0.05, 0) is 18.1 Å². The molecule has 0 heterocycles. The number of benzene rings is 3. The van der Waals surface area contributed by atoms with Crippen molar-refractivity contribution >= 4 is 5.78 Å². The summed E-state index contributed by atoms with van der Waals surface area (Å²) in [6, 6.07) is 28.8. The maximum atomic E-state index is 13.1. The van der Waals surface area contributed by atoms with E-state index in [1.165, 1.54) is 16.7 Å². The Labute approximate surface area is 143 Å². The van der Waals surface area contributed by atoms with E-state index < -0.39 is 0 Å². The predicted molar refractivity (Wildman–Crippen MR) is 97.4 cm³/mol. The largest absolute Gasteiger partial charge is 0.294 e. The summed E-state index contributed by atoms with van der Waals surface area (Å²) in [5, 5.41) is 0. The first-order valence-corrected chi connectivity index (χ1v) is 8.46. The van der Waals surface area contributed by atoms with Gasteiger partial charge < -0.3 is 0 Å². The van der Waals surface area contributed by atoms with Gasteiger partial charge in [-0.25, -0.2) is 0 Å². The van der Waals surface area contributed by atoms with Crippen LogP contribution in [-0.4, -0.2) is 5.78 Å². The minimum Gasteiger partial charge on any atom is -0.294 e. The molecule has 1 aliphatic rings. The molecule has 0 aliphatic heterocycles. The van der Waals surface area contributed by atoms with E-state index in [9.17, 15) is 4.79 Å². The Morgan fingerprint density at radius 1 is 0.667 bits per heavy atom. The predicted octanol–water partition coefficient (Wildman–Crippen LogP) is 5.38. The number of rotatable bonds is 4. The van der Waals surface area contributed by atoms with Crippen LogP contribution in [0.1, 0.15) is 38.9 Å². The standard InChI is InChI=1S/C23H20O/c1-16-12-14-19(15-13-16)23(24)22-20(17-8-4-2-5-9-17)21(22)18-10-6-3-7-11-18/h2-15,20-22H,1H3. The molecular weight excluding hydrogens is 292 g/mol. The van der Waals surface area contributed by atoms with Gasteiger partial charge in [0.15, 0.2) is 5.78 Å². The van der Waals surface area contributed by atoms with Crippen molar-refractivity contribution < 1.29 is 4.79 Å². The third-order valence-corrected chi connectivity index (χ3v) is 5.03. The summed E-state index contributed by atoms with van der Waals surface area (Å²) in [5.41, 5.74) is 4.53. The number of ketones is 1. The average molecular weight is 312 g/mol. The zero-order valence-electron chi connectivity index (χ0n) is 13.7. The van der Waals surface area contributed by atoms with Gasteiger partial charge in [-0.1, -0.05) is 90.5 Å². The molecular formula is C23H20O. The first kappa shape index (κ1) is 14.9. The maximum Gasteiger partial charge on any atom is 0.167 e. The maximum absolute atomic E-state index is 13.1. The number of Topliss-reactive ketones (excluding diaryl/α,β-unsaturated/α-hetero) is 1. The minimum absolute atomic E-state index is 0.0394. The van der Waals surface area contributed by atoms with Gasteiger partial charge in [-0.2, -0.15) is 0 Å². The van der Waals surface area contributed by atoms with E-state index in [-0.39, 0.29) is 23.5 Å². The van der Waals surface area contributed by atoms with E-state index in [0.717, 1.165) is 5.56 Å². The van der Waals surface area contributed by atoms with Crippen molar-refractivity contribution in [2.45, 2.75) is 18.8 Å². The molecule has 0 bridgehead atoms. The van der Waals surface area contributed by atoms with E-state index >= 15 is 0 Å². The zero-order valence-corrected chi connectivity index (χ0v) is 13.7. The first-order chi connectivity index (χ1) is 11.8. The molecule has 0 amide bonds. The monoisotopic (exact) mass is 312 g/mol. The average Bonchev–Trinajstić information content (AvgIpc) is 3.39. The Morgan fingerprint density at radius 2 is 1.12 bits per heavy atom. The van der Waals surface area contributed by atoms with Crippen LogP contribution in [0.25, 0.3) is 0 Å². The number of hydrogen-bond acceptors (Lipinski definition) is 1. The van der Waals surface area contributed by atoms with Gasteiger partial charge in [0.25, 0.3) is 0 Å². The van der Waals surface area contributed by atoms with Crippen molar-refractivity contribution in [3.63, 3.8) is 0 Å². The Kier molecular flexibility index (Phi) is 3.78. The molecule has 118 valence electrons. The Hall–Kier alpha value is -2.67. The fraction of sp³-hybridized carbons (Fsp3) is 0.174. The van der Waals surface area contributed by atoms with Gasteiger partial charge in [-0.3, -0.25) is 4.79 Å². The molecule has 0 N–H and O–H groups in total. The molecule has 3 aromatic rings. The molecule has 1 saturated carbocycles. The second kappa shape index (κ2) is 6.09. The number of hydrogen-bond donors (Lipinski definition) is 0. The first-order valence-electron chi connectivity index (χ1n) is 8.46. The minimum atomic E-state index is 0.0394. The summed E-state index contributed by atoms with van der Waals surface area (Å²) in [7, 11) is 0. The fourth-order valence-electron chi connectivity index (χ4n) is 3.73. The molecule has 24 heavy (non-hydrogen) atoms. The molecule has 1 aliphatic carbocycles. The molecule has 0 spiro atoms. The lowest BCUT2D eigenvalue weighted by Crippen LogP contribution is -2.04. The van der Waals surface area contributed by atoms with E-state index in [2.05, 4.69) is 48.5 Å². The van der Waals surface area contributed by atoms with Gasteiger partial charge in [0.1, 0.15) is 0 Å². The summed E-state index contributed by atoms with van der Waals surface area (Å²) in [4.78, 5) is 13.1. The number of carbonyl (C=O) groups excluding carboxylic acids is 1. The van der Waals surface area contributed by atoms with Crippen LogP contribution in [0.5, 0.6) is 0 Å². The Balaban J connectivity index is 1.69.